The van der Waals surface area contributed by atoms with Gasteiger partial charge < -0.3 is 10.2 Å². The maximum absolute atomic E-state index is 6.51. The van der Waals surface area contributed by atoms with Crippen LogP contribution in [0.1, 0.15) is 24.3 Å². The molecule has 2 aromatic rings. The number of piperidine rings is 1. The fourth-order valence-corrected chi connectivity index (χ4v) is 6.20. The van der Waals surface area contributed by atoms with E-state index in [4.69, 9.17) is 23.2 Å². The third-order valence-corrected chi connectivity index (χ3v) is 7.34. The molecule has 2 aromatic carbocycles. The lowest BCUT2D eigenvalue weighted by Gasteiger charge is -2.33. The van der Waals surface area contributed by atoms with Crippen molar-refractivity contribution in [3.8, 4) is 11.1 Å². The Morgan fingerprint density at radius 2 is 2.08 bits per heavy atom. The summed E-state index contributed by atoms with van der Waals surface area (Å²) in [7, 11) is 0. The fraction of sp³-hybridized carbons (Fsp3) is 0.400. The Labute approximate surface area is 162 Å². The maximum atomic E-state index is 6.51. The summed E-state index contributed by atoms with van der Waals surface area (Å²) < 4.78 is 0. The summed E-state index contributed by atoms with van der Waals surface area (Å²) >= 11 is 14.6. The summed E-state index contributed by atoms with van der Waals surface area (Å²) in [6.07, 6.45) is 2.49. The molecule has 3 aliphatic rings. The first kappa shape index (κ1) is 16.3. The number of hydrogen-bond acceptors (Lipinski definition) is 3. The Hall–Kier alpha value is -0.870. The Morgan fingerprint density at radius 3 is 2.96 bits per heavy atom. The molecule has 0 radical (unpaired) electrons. The predicted molar refractivity (Wildman–Crippen MR) is 109 cm³/mol. The minimum atomic E-state index is 0.590. The molecule has 0 bridgehead atoms. The maximum Gasteiger partial charge on any atom is 0.0544 e. The molecule has 0 spiro atoms. The van der Waals surface area contributed by atoms with Gasteiger partial charge in [0.15, 0.2) is 0 Å². The van der Waals surface area contributed by atoms with Crippen LogP contribution in [0, 0.1) is 0 Å². The molecule has 130 valence electrons. The lowest BCUT2D eigenvalue weighted by molar-refractivity contribution is 0.403. The minimum Gasteiger partial charge on any atom is -0.367 e. The van der Waals surface area contributed by atoms with Crippen LogP contribution in [-0.2, 0) is 0 Å². The lowest BCUT2D eigenvalue weighted by atomic mass is 9.88. The van der Waals surface area contributed by atoms with Gasteiger partial charge in [-0.05, 0) is 60.5 Å². The first-order chi connectivity index (χ1) is 12.2. The van der Waals surface area contributed by atoms with Gasteiger partial charge in [0.05, 0.1) is 5.69 Å². The number of nitrogens with one attached hydrogen (secondary N) is 1. The molecule has 25 heavy (non-hydrogen) atoms. The van der Waals surface area contributed by atoms with Crippen molar-refractivity contribution >= 4 is 40.7 Å². The van der Waals surface area contributed by atoms with Gasteiger partial charge in [-0.25, -0.2) is 0 Å². The first-order valence-corrected chi connectivity index (χ1v) is 10.7. The normalized spacial score (nSPS) is 24.6. The zero-order valence-corrected chi connectivity index (χ0v) is 16.2. The number of hydrogen-bond donors (Lipinski definition) is 1. The van der Waals surface area contributed by atoms with E-state index in [0.717, 1.165) is 23.7 Å². The average molecular weight is 391 g/mol. The molecule has 1 saturated heterocycles. The van der Waals surface area contributed by atoms with Crippen LogP contribution in [0.3, 0.4) is 0 Å². The van der Waals surface area contributed by atoms with Crippen molar-refractivity contribution in [2.75, 3.05) is 30.3 Å². The lowest BCUT2D eigenvalue weighted by Crippen LogP contribution is -2.44. The van der Waals surface area contributed by atoms with E-state index in [9.17, 15) is 0 Å². The van der Waals surface area contributed by atoms with Crippen molar-refractivity contribution in [2.24, 2.45) is 0 Å². The van der Waals surface area contributed by atoms with Crippen LogP contribution in [0.25, 0.3) is 11.1 Å². The largest absolute Gasteiger partial charge is 0.367 e. The van der Waals surface area contributed by atoms with Crippen molar-refractivity contribution in [3.05, 3.63) is 45.9 Å². The molecule has 0 aromatic heterocycles. The van der Waals surface area contributed by atoms with Crippen molar-refractivity contribution in [3.63, 3.8) is 0 Å². The molecular formula is C20H20Cl2N2S. The van der Waals surface area contributed by atoms with Crippen molar-refractivity contribution in [1.82, 2.24) is 5.32 Å². The first-order valence-electron chi connectivity index (χ1n) is 8.96. The van der Waals surface area contributed by atoms with E-state index in [1.165, 1.54) is 46.8 Å². The number of rotatable bonds is 1. The van der Waals surface area contributed by atoms with E-state index in [-0.39, 0.29) is 0 Å². The van der Waals surface area contributed by atoms with Gasteiger partial charge in [-0.15, -0.1) is 11.8 Å². The van der Waals surface area contributed by atoms with E-state index >= 15 is 0 Å². The average Bonchev–Trinajstić information content (AvgIpc) is 2.77. The van der Waals surface area contributed by atoms with Gasteiger partial charge in [-0.1, -0.05) is 29.3 Å². The zero-order valence-electron chi connectivity index (χ0n) is 13.9. The van der Waals surface area contributed by atoms with Crippen LogP contribution in [0.4, 0.5) is 5.69 Å². The summed E-state index contributed by atoms with van der Waals surface area (Å²) in [5, 5.41) is 5.01. The minimum absolute atomic E-state index is 0.590. The molecule has 5 heteroatoms. The number of fused-ring (bicyclic) bond motifs is 3. The summed E-state index contributed by atoms with van der Waals surface area (Å²) in [4.78, 5) is 4.12. The Morgan fingerprint density at radius 1 is 1.16 bits per heavy atom. The molecule has 0 unspecified atom stereocenters. The molecular weight excluding hydrogens is 371 g/mol. The fourth-order valence-electron chi connectivity index (χ4n) is 4.60. The summed E-state index contributed by atoms with van der Waals surface area (Å²) in [5.74, 6) is 1.78. The number of anilines is 1. The molecule has 1 fully saturated rings. The Bertz CT molecular complexity index is 839. The Balaban J connectivity index is 1.69. The number of benzene rings is 2. The van der Waals surface area contributed by atoms with Gasteiger partial charge in [-0.3, -0.25) is 0 Å². The quantitative estimate of drug-likeness (QED) is 0.699. The molecule has 1 N–H and O–H groups in total. The summed E-state index contributed by atoms with van der Waals surface area (Å²) in [5.41, 5.74) is 5.30. The molecule has 3 aliphatic heterocycles. The zero-order chi connectivity index (χ0) is 17.0. The molecule has 0 aliphatic carbocycles. The number of nitrogens with zero attached hydrogens (tertiary/aromatic N) is 1. The summed E-state index contributed by atoms with van der Waals surface area (Å²) in [6, 6.07) is 11.2. The van der Waals surface area contributed by atoms with E-state index in [1.54, 1.807) is 0 Å². The third-order valence-electron chi connectivity index (χ3n) is 5.68. The van der Waals surface area contributed by atoms with Crippen LogP contribution < -0.4 is 10.2 Å². The van der Waals surface area contributed by atoms with Crippen molar-refractivity contribution < 1.29 is 0 Å². The van der Waals surface area contributed by atoms with Crippen LogP contribution in [0.2, 0.25) is 10.0 Å². The molecule has 0 amide bonds. The van der Waals surface area contributed by atoms with Crippen LogP contribution in [-0.4, -0.2) is 31.4 Å². The van der Waals surface area contributed by atoms with Gasteiger partial charge in [0.25, 0.3) is 0 Å². The van der Waals surface area contributed by atoms with E-state index in [0.29, 0.717) is 17.0 Å². The van der Waals surface area contributed by atoms with E-state index in [1.807, 2.05) is 30.0 Å². The summed E-state index contributed by atoms with van der Waals surface area (Å²) in [6.45, 7) is 3.40. The second kappa shape index (κ2) is 6.38. The second-order valence-corrected chi connectivity index (χ2v) is 9.08. The smallest absolute Gasteiger partial charge is 0.0544 e. The highest BCUT2D eigenvalue weighted by molar-refractivity contribution is 7.99. The number of halogens is 2. The van der Waals surface area contributed by atoms with E-state index < -0.39 is 0 Å². The predicted octanol–water partition coefficient (Wildman–Crippen LogP) is 5.42. The third kappa shape index (κ3) is 2.68. The van der Waals surface area contributed by atoms with Gasteiger partial charge in [0.2, 0.25) is 0 Å². The molecule has 3 heterocycles. The van der Waals surface area contributed by atoms with Crippen molar-refractivity contribution in [2.45, 2.75) is 29.7 Å². The highest BCUT2D eigenvalue weighted by Gasteiger charge is 2.41. The highest BCUT2D eigenvalue weighted by atomic mass is 35.5. The number of thioether (sulfide) groups is 1. The van der Waals surface area contributed by atoms with Crippen LogP contribution >= 0.6 is 35.0 Å². The monoisotopic (exact) mass is 390 g/mol. The highest BCUT2D eigenvalue weighted by Crippen LogP contribution is 2.51. The standard InChI is InChI=1S/C20H20Cl2N2S/c21-13-2-3-14(17(22)10-13)12-8-15-16-11-23-5-4-18(16)24-6-1-7-25-19(9-12)20(15)24/h2-3,8-10,16,18,23H,1,4-7,11H2/t16-,18-/m0/s1. The SMILES string of the molecule is Clc1ccc(-c2cc3c4c(c2)[C@@H]2CNCC[C@@H]2N4CCCS3)c(Cl)c1. The second-order valence-electron chi connectivity index (χ2n) is 7.10. The Kier molecular flexibility index (Phi) is 4.16. The van der Waals surface area contributed by atoms with Gasteiger partial charge in [0, 0.05) is 45.6 Å². The van der Waals surface area contributed by atoms with Crippen LogP contribution in [0.5, 0.6) is 0 Å². The van der Waals surface area contributed by atoms with Crippen LogP contribution in [0.15, 0.2) is 35.2 Å². The molecule has 0 saturated carbocycles. The van der Waals surface area contributed by atoms with E-state index in [2.05, 4.69) is 22.3 Å². The van der Waals surface area contributed by atoms with Gasteiger partial charge in [0.1, 0.15) is 0 Å². The van der Waals surface area contributed by atoms with Gasteiger partial charge >= 0.3 is 0 Å². The molecule has 2 atom stereocenters. The molecule has 5 rings (SSSR count). The van der Waals surface area contributed by atoms with Crippen molar-refractivity contribution in [1.29, 1.82) is 0 Å². The molecule has 2 nitrogen and oxygen atoms in total. The van der Waals surface area contributed by atoms with Gasteiger partial charge in [-0.2, -0.15) is 0 Å². The topological polar surface area (TPSA) is 15.3 Å².